The number of fused-ring (bicyclic) bond motifs is 1. The van der Waals surface area contributed by atoms with Gasteiger partial charge in [0, 0.05) is 19.6 Å². The van der Waals surface area contributed by atoms with Crippen LogP contribution in [0.3, 0.4) is 0 Å². The standard InChI is InChI=1S/C17H26N6O2/c1-17(2,3)25-16(24)22-7-4-12(5-8-22)6-9-23-11-21-13-14(18)19-10-20-15(13)23/h10-12H,4-9H2,1-3H3,(H2,18,19,20). The van der Waals surface area contributed by atoms with E-state index in [0.717, 1.165) is 44.5 Å². The van der Waals surface area contributed by atoms with E-state index in [0.29, 0.717) is 17.3 Å². The first-order valence-electron chi connectivity index (χ1n) is 8.73. The molecule has 2 aromatic heterocycles. The molecule has 0 atom stereocenters. The molecule has 2 aromatic rings. The number of rotatable bonds is 3. The zero-order valence-corrected chi connectivity index (χ0v) is 15.1. The number of carbonyl (C=O) groups is 1. The number of aromatic nitrogens is 4. The maximum Gasteiger partial charge on any atom is 0.410 e. The Hall–Kier alpha value is -2.38. The second-order valence-corrected chi connectivity index (χ2v) is 7.57. The lowest BCUT2D eigenvalue weighted by Gasteiger charge is -2.33. The molecule has 8 heteroatoms. The second-order valence-electron chi connectivity index (χ2n) is 7.57. The molecule has 1 aliphatic rings. The maximum atomic E-state index is 12.1. The molecule has 0 unspecified atom stereocenters. The lowest BCUT2D eigenvalue weighted by atomic mass is 9.94. The van der Waals surface area contributed by atoms with Crippen LogP contribution in [0.25, 0.3) is 11.2 Å². The molecule has 1 aliphatic heterocycles. The van der Waals surface area contributed by atoms with E-state index < -0.39 is 5.60 Å². The number of likely N-dealkylation sites (tertiary alicyclic amines) is 1. The highest BCUT2D eigenvalue weighted by atomic mass is 16.6. The second kappa shape index (κ2) is 6.85. The van der Waals surface area contributed by atoms with E-state index in [4.69, 9.17) is 10.5 Å². The van der Waals surface area contributed by atoms with E-state index in [1.165, 1.54) is 6.33 Å². The molecule has 25 heavy (non-hydrogen) atoms. The first kappa shape index (κ1) is 17.4. The van der Waals surface area contributed by atoms with Crippen LogP contribution in [0, 0.1) is 5.92 Å². The van der Waals surface area contributed by atoms with Gasteiger partial charge in [0.15, 0.2) is 11.5 Å². The highest BCUT2D eigenvalue weighted by Gasteiger charge is 2.26. The summed E-state index contributed by atoms with van der Waals surface area (Å²) in [5, 5.41) is 0. The van der Waals surface area contributed by atoms with Crippen LogP contribution in [0.5, 0.6) is 0 Å². The average molecular weight is 346 g/mol. The molecular weight excluding hydrogens is 320 g/mol. The third-order valence-corrected chi connectivity index (χ3v) is 4.47. The van der Waals surface area contributed by atoms with Gasteiger partial charge in [-0.1, -0.05) is 0 Å². The van der Waals surface area contributed by atoms with Gasteiger partial charge in [0.05, 0.1) is 6.33 Å². The zero-order chi connectivity index (χ0) is 18.0. The van der Waals surface area contributed by atoms with Gasteiger partial charge in [0.2, 0.25) is 0 Å². The van der Waals surface area contributed by atoms with Crippen molar-refractivity contribution in [3.8, 4) is 0 Å². The van der Waals surface area contributed by atoms with Gasteiger partial charge in [-0.25, -0.2) is 19.7 Å². The van der Waals surface area contributed by atoms with Crippen molar-refractivity contribution < 1.29 is 9.53 Å². The van der Waals surface area contributed by atoms with Gasteiger partial charge < -0.3 is 19.9 Å². The van der Waals surface area contributed by atoms with Crippen molar-refractivity contribution >= 4 is 23.1 Å². The molecule has 0 aromatic carbocycles. The fraction of sp³-hybridized carbons (Fsp3) is 0.647. The van der Waals surface area contributed by atoms with Crippen LogP contribution < -0.4 is 5.73 Å². The molecule has 136 valence electrons. The topological polar surface area (TPSA) is 99.2 Å². The number of amides is 1. The summed E-state index contributed by atoms with van der Waals surface area (Å²) in [4.78, 5) is 26.4. The molecule has 1 fully saturated rings. The fourth-order valence-electron chi connectivity index (χ4n) is 3.11. The van der Waals surface area contributed by atoms with Crippen molar-refractivity contribution in [3.63, 3.8) is 0 Å². The summed E-state index contributed by atoms with van der Waals surface area (Å²) in [6.45, 7) is 8.01. The van der Waals surface area contributed by atoms with Gasteiger partial charge in [-0.2, -0.15) is 0 Å². The highest BCUT2D eigenvalue weighted by molar-refractivity contribution is 5.81. The van der Waals surface area contributed by atoms with Crippen LogP contribution in [0.2, 0.25) is 0 Å². The maximum absolute atomic E-state index is 12.1. The molecule has 3 heterocycles. The number of nitrogens with two attached hydrogens (primary N) is 1. The predicted octanol–water partition coefficient (Wildman–Crippen LogP) is 2.45. The lowest BCUT2D eigenvalue weighted by molar-refractivity contribution is 0.0180. The Morgan fingerprint density at radius 1 is 1.28 bits per heavy atom. The van der Waals surface area contributed by atoms with Gasteiger partial charge in [0.1, 0.15) is 17.4 Å². The molecule has 8 nitrogen and oxygen atoms in total. The number of piperidine rings is 1. The number of nitrogen functional groups attached to an aromatic ring is 1. The molecular formula is C17H26N6O2. The lowest BCUT2D eigenvalue weighted by Crippen LogP contribution is -2.41. The Bertz CT molecular complexity index is 743. The van der Waals surface area contributed by atoms with Gasteiger partial charge >= 0.3 is 6.09 Å². The number of imidazole rings is 1. The van der Waals surface area contributed by atoms with Gasteiger partial charge in [0.25, 0.3) is 0 Å². The summed E-state index contributed by atoms with van der Waals surface area (Å²) in [6, 6.07) is 0. The Morgan fingerprint density at radius 3 is 2.68 bits per heavy atom. The van der Waals surface area contributed by atoms with Crippen LogP contribution in [-0.2, 0) is 11.3 Å². The van der Waals surface area contributed by atoms with E-state index in [1.807, 2.05) is 30.2 Å². The first-order chi connectivity index (χ1) is 11.8. The van der Waals surface area contributed by atoms with Crippen LogP contribution in [0.15, 0.2) is 12.7 Å². The van der Waals surface area contributed by atoms with Crippen molar-refractivity contribution in [1.82, 2.24) is 24.4 Å². The van der Waals surface area contributed by atoms with Crippen molar-refractivity contribution in [2.45, 2.75) is 52.2 Å². The quantitative estimate of drug-likeness (QED) is 0.916. The van der Waals surface area contributed by atoms with E-state index in [1.54, 1.807) is 6.33 Å². The van der Waals surface area contributed by atoms with Crippen LogP contribution in [0.1, 0.15) is 40.0 Å². The summed E-state index contributed by atoms with van der Waals surface area (Å²) in [5.74, 6) is 0.990. The van der Waals surface area contributed by atoms with Crippen LogP contribution in [0.4, 0.5) is 10.6 Å². The van der Waals surface area contributed by atoms with Crippen LogP contribution >= 0.6 is 0 Å². The number of ether oxygens (including phenoxy) is 1. The molecule has 0 radical (unpaired) electrons. The van der Waals surface area contributed by atoms with E-state index in [-0.39, 0.29) is 6.09 Å². The van der Waals surface area contributed by atoms with Crippen molar-refractivity contribution in [2.75, 3.05) is 18.8 Å². The molecule has 2 N–H and O–H groups in total. The summed E-state index contributed by atoms with van der Waals surface area (Å²) in [5.41, 5.74) is 6.81. The normalized spacial score (nSPS) is 16.4. The monoisotopic (exact) mass is 346 g/mol. The SMILES string of the molecule is CC(C)(C)OC(=O)N1CCC(CCn2cnc3c(N)ncnc32)CC1. The number of anilines is 1. The summed E-state index contributed by atoms with van der Waals surface area (Å²) in [7, 11) is 0. The highest BCUT2D eigenvalue weighted by Crippen LogP contribution is 2.24. The average Bonchev–Trinajstić information content (AvgIpc) is 2.96. The smallest absolute Gasteiger partial charge is 0.410 e. The van der Waals surface area contributed by atoms with Gasteiger partial charge in [-0.3, -0.25) is 0 Å². The Balaban J connectivity index is 1.51. The van der Waals surface area contributed by atoms with Gasteiger partial charge in [-0.15, -0.1) is 0 Å². The number of carbonyl (C=O) groups excluding carboxylic acids is 1. The number of nitrogens with zero attached hydrogens (tertiary/aromatic N) is 5. The number of hydrogen-bond donors (Lipinski definition) is 1. The Labute approximate surface area is 147 Å². The minimum atomic E-state index is -0.444. The van der Waals surface area contributed by atoms with E-state index in [9.17, 15) is 4.79 Å². The van der Waals surface area contributed by atoms with Crippen molar-refractivity contribution in [2.24, 2.45) is 5.92 Å². The third-order valence-electron chi connectivity index (χ3n) is 4.47. The largest absolute Gasteiger partial charge is 0.444 e. The van der Waals surface area contributed by atoms with E-state index in [2.05, 4.69) is 15.0 Å². The Kier molecular flexibility index (Phi) is 4.78. The van der Waals surface area contributed by atoms with Crippen LogP contribution in [-0.4, -0.2) is 49.2 Å². The minimum absolute atomic E-state index is 0.210. The minimum Gasteiger partial charge on any atom is -0.444 e. The molecule has 0 saturated carbocycles. The zero-order valence-electron chi connectivity index (χ0n) is 15.1. The number of aryl methyl sites for hydroxylation is 1. The third kappa shape index (κ3) is 4.18. The van der Waals surface area contributed by atoms with Gasteiger partial charge in [-0.05, 0) is 46.0 Å². The first-order valence-corrected chi connectivity index (χ1v) is 8.73. The molecule has 3 rings (SSSR count). The summed E-state index contributed by atoms with van der Waals surface area (Å²) < 4.78 is 7.46. The molecule has 0 spiro atoms. The predicted molar refractivity (Wildman–Crippen MR) is 94.9 cm³/mol. The fourth-order valence-corrected chi connectivity index (χ4v) is 3.11. The summed E-state index contributed by atoms with van der Waals surface area (Å²) >= 11 is 0. The summed E-state index contributed by atoms with van der Waals surface area (Å²) in [6.07, 6.45) is 6.03. The van der Waals surface area contributed by atoms with Crippen molar-refractivity contribution in [1.29, 1.82) is 0 Å². The molecule has 1 saturated heterocycles. The Morgan fingerprint density at radius 2 is 2.00 bits per heavy atom. The molecule has 0 aliphatic carbocycles. The molecule has 0 bridgehead atoms. The van der Waals surface area contributed by atoms with E-state index >= 15 is 0 Å². The molecule has 1 amide bonds. The van der Waals surface area contributed by atoms with Crippen molar-refractivity contribution in [3.05, 3.63) is 12.7 Å². The number of hydrogen-bond acceptors (Lipinski definition) is 6.